The first-order chi connectivity index (χ1) is 64.9. The Morgan fingerprint density at radius 3 is 0.701 bits per heavy atom. The average Bonchev–Trinajstić information content (AvgIpc) is 0.762. The molecule has 5 amide bonds. The molecule has 61 heteroatoms. The number of ether oxygens (including phenoxy) is 21. The number of hydrogen-bond acceptors (Lipinski definition) is 56. The van der Waals surface area contributed by atoms with E-state index in [-0.39, 0.29) is 0 Å². The smallest absolute Gasteiger partial charge is 0.217 e. The summed E-state index contributed by atoms with van der Waals surface area (Å²) in [7, 11) is 0. The largest absolute Gasteiger partial charge is 0.394 e. The Morgan fingerprint density at radius 1 is 0.190 bits per heavy atom. The van der Waals surface area contributed by atoms with Gasteiger partial charge < -0.3 is 279 Å². The molecular formula is C76H127N5O56. The van der Waals surface area contributed by atoms with Gasteiger partial charge in [0, 0.05) is 34.6 Å². The van der Waals surface area contributed by atoms with Crippen LogP contribution < -0.4 is 26.6 Å². The molecule has 11 saturated heterocycles. The molecule has 11 rings (SSSR count). The van der Waals surface area contributed by atoms with Gasteiger partial charge in [-0.2, -0.15) is 0 Å². The third-order valence-electron chi connectivity index (χ3n) is 25.0. The Kier molecular flexibility index (Phi) is 40.7. The number of amides is 5. The van der Waals surface area contributed by atoms with E-state index in [2.05, 4.69) is 26.6 Å². The highest BCUT2D eigenvalue weighted by Crippen LogP contribution is 2.42. The van der Waals surface area contributed by atoms with Crippen LogP contribution >= 0.6 is 0 Å². The van der Waals surface area contributed by atoms with E-state index in [1.165, 1.54) is 0 Å². The lowest BCUT2D eigenvalue weighted by atomic mass is 9.93. The van der Waals surface area contributed by atoms with Crippen LogP contribution in [-0.2, 0) is 123 Å². The molecule has 11 heterocycles. The fourth-order valence-electron chi connectivity index (χ4n) is 17.8. The van der Waals surface area contributed by atoms with Crippen molar-refractivity contribution in [3.05, 3.63) is 0 Å². The minimum atomic E-state index is -2.75. The molecule has 137 heavy (non-hydrogen) atoms. The zero-order valence-electron chi connectivity index (χ0n) is 73.6. The van der Waals surface area contributed by atoms with E-state index in [4.69, 9.17) is 99.5 Å². The molecule has 0 aromatic rings. The van der Waals surface area contributed by atoms with Gasteiger partial charge in [-0.15, -0.1) is 0 Å². The molecule has 0 aromatic carbocycles. The minimum Gasteiger partial charge on any atom is -0.394 e. The molecule has 0 unspecified atom stereocenters. The highest BCUT2D eigenvalue weighted by molar-refractivity contribution is 5.75. The Bertz CT molecular complexity index is 3780. The van der Waals surface area contributed by atoms with Gasteiger partial charge in [-0.05, 0) is 0 Å². The molecule has 0 aromatic heterocycles. The Hall–Kier alpha value is -4.69. The fraction of sp³-hybridized carbons (Fsp3) is 0.934. The van der Waals surface area contributed by atoms with Crippen LogP contribution in [0.1, 0.15) is 34.6 Å². The first kappa shape index (κ1) is 113. The van der Waals surface area contributed by atoms with Crippen LogP contribution in [0.5, 0.6) is 0 Å². The van der Waals surface area contributed by atoms with Gasteiger partial charge in [0.1, 0.15) is 268 Å². The molecule has 11 aliphatic rings. The van der Waals surface area contributed by atoms with Gasteiger partial charge in [0.15, 0.2) is 69.2 Å². The van der Waals surface area contributed by atoms with Gasteiger partial charge in [0.05, 0.1) is 72.7 Å². The minimum absolute atomic E-state index is 0.830. The molecule has 0 spiro atoms. The van der Waals surface area contributed by atoms with Crippen LogP contribution in [0.2, 0.25) is 0 Å². The second-order valence-electron chi connectivity index (χ2n) is 34.5. The van der Waals surface area contributed by atoms with Crippen LogP contribution in [0.3, 0.4) is 0 Å². The van der Waals surface area contributed by atoms with Crippen LogP contribution in [0.15, 0.2) is 0 Å². The molecule has 0 saturated carbocycles. The summed E-state index contributed by atoms with van der Waals surface area (Å²) in [5.74, 6) is -4.90. The number of hydrogen-bond donors (Lipinski definition) is 35. The van der Waals surface area contributed by atoms with Crippen LogP contribution in [0.4, 0.5) is 0 Å². The first-order valence-electron chi connectivity index (χ1n) is 43.7. The van der Waals surface area contributed by atoms with E-state index in [0.29, 0.717) is 0 Å². The number of aliphatic hydroxyl groups is 30. The summed E-state index contributed by atoms with van der Waals surface area (Å²) in [6.07, 6.45) is -109. The molecule has 61 nitrogen and oxygen atoms in total. The lowest BCUT2D eigenvalue weighted by Gasteiger charge is -2.52. The molecule has 0 aliphatic carbocycles. The summed E-state index contributed by atoms with van der Waals surface area (Å²) < 4.78 is 126. The van der Waals surface area contributed by atoms with Crippen molar-refractivity contribution in [1.29, 1.82) is 0 Å². The summed E-state index contributed by atoms with van der Waals surface area (Å²) >= 11 is 0. The van der Waals surface area contributed by atoms with Crippen molar-refractivity contribution < 1.29 is 277 Å². The van der Waals surface area contributed by atoms with Gasteiger partial charge in [0.25, 0.3) is 0 Å². The summed E-state index contributed by atoms with van der Waals surface area (Å²) in [6.45, 7) is -8.38. The van der Waals surface area contributed by atoms with Crippen molar-refractivity contribution in [3.8, 4) is 0 Å². The molecule has 55 atom stereocenters. The number of carbonyl (C=O) groups is 5. The quantitative estimate of drug-likeness (QED) is 0.0277. The molecule has 792 valence electrons. The number of rotatable bonds is 36. The van der Waals surface area contributed by atoms with Gasteiger partial charge in [-0.25, -0.2) is 0 Å². The maximum atomic E-state index is 13.4. The summed E-state index contributed by atoms with van der Waals surface area (Å²) in [5, 5.41) is 350. The topological polar surface area (TPSA) is 946 Å². The summed E-state index contributed by atoms with van der Waals surface area (Å²) in [5.41, 5.74) is 0. The zero-order valence-corrected chi connectivity index (χ0v) is 73.6. The number of carbonyl (C=O) groups excluding carboxylic acids is 5. The highest BCUT2D eigenvalue weighted by atomic mass is 16.8. The molecule has 11 fully saturated rings. The van der Waals surface area contributed by atoms with Gasteiger partial charge in [-0.1, -0.05) is 0 Å². The third kappa shape index (κ3) is 25.0. The molecule has 0 bridgehead atoms. The summed E-state index contributed by atoms with van der Waals surface area (Å²) in [4.78, 5) is 65.2. The Labute approximate surface area is 775 Å². The number of nitrogens with one attached hydrogen (secondary N) is 5. The zero-order chi connectivity index (χ0) is 101. The maximum absolute atomic E-state index is 13.4. The SMILES string of the molecule is CC(=O)N[C@@H]1[C@@H](O)[C@H](O[C@@H]2O[C@H](CO)[C@@H](O[C@@H]3O[C@H](CO[C@H]4O[C@H](CO)[C@@H](O)[C@H](O)[C@@H]4O[C@@H]4O[C@H](CO)[C@@H](O[C@@H]5O[C@H](CO)[C@H](O)[C@H](O)[C@H]5O)[C@H](O)[C@H]4NC(C)=O)[C@@H](O)[C@H](O[C@H]4O[C@H](CO)[C@@H](O[C@@H]5O[C@H](CO)[C@@H](O[C@@H]6O[C@H](CO)[C@H](O)[C@H](O)[C@H]6O)[C@H](O)[C@H]5NC(C)=O)[C@H](O)[C@@H]4O[C@@H]4O[C@H](CO)[C@@H](O[C@@H]5O[C@H](CO)[C@H](O)[C@H](O)[C@H]5O)[C@H](O)[C@H]4NC(C)=O)[C@@H]3O)[C@H](O)[C@H]2NC(C)=O)[C@@H](CO)O[C@H]1O. The molecule has 0 radical (unpaired) electrons. The molecular weight excluding hydrogens is 1880 g/mol. The second kappa shape index (κ2) is 49.5. The van der Waals surface area contributed by atoms with Crippen LogP contribution in [-0.4, -0.2) is 593 Å². The third-order valence-corrected chi connectivity index (χ3v) is 25.0. The lowest BCUT2D eigenvalue weighted by molar-refractivity contribution is -0.406. The Balaban J connectivity index is 0.983. The monoisotopic (exact) mass is 2010 g/mol. The van der Waals surface area contributed by atoms with E-state index < -0.39 is 440 Å². The Morgan fingerprint density at radius 2 is 0.401 bits per heavy atom. The maximum Gasteiger partial charge on any atom is 0.217 e. The molecule has 35 N–H and O–H groups in total. The van der Waals surface area contributed by atoms with Crippen LogP contribution in [0.25, 0.3) is 0 Å². The van der Waals surface area contributed by atoms with Crippen molar-refractivity contribution in [2.24, 2.45) is 0 Å². The van der Waals surface area contributed by atoms with E-state index in [0.717, 1.165) is 34.6 Å². The van der Waals surface area contributed by atoms with Gasteiger partial charge in [-0.3, -0.25) is 24.0 Å². The number of aliphatic hydroxyl groups excluding tert-OH is 30. The average molecular weight is 2010 g/mol. The van der Waals surface area contributed by atoms with Crippen molar-refractivity contribution in [3.63, 3.8) is 0 Å². The van der Waals surface area contributed by atoms with Gasteiger partial charge in [0.2, 0.25) is 29.5 Å². The van der Waals surface area contributed by atoms with Crippen molar-refractivity contribution >= 4 is 29.5 Å². The fourth-order valence-corrected chi connectivity index (χ4v) is 17.8. The second-order valence-corrected chi connectivity index (χ2v) is 34.5. The summed E-state index contributed by atoms with van der Waals surface area (Å²) in [6, 6.07) is -9.91. The first-order valence-corrected chi connectivity index (χ1v) is 43.7. The normalized spacial score (nSPS) is 48.9. The predicted octanol–water partition coefficient (Wildman–Crippen LogP) is -24.3. The van der Waals surface area contributed by atoms with Crippen LogP contribution in [0, 0.1) is 0 Å². The van der Waals surface area contributed by atoms with Crippen molar-refractivity contribution in [1.82, 2.24) is 26.6 Å². The van der Waals surface area contributed by atoms with E-state index in [1.807, 2.05) is 0 Å². The van der Waals surface area contributed by atoms with Gasteiger partial charge >= 0.3 is 0 Å². The van der Waals surface area contributed by atoms with Crippen molar-refractivity contribution in [2.45, 2.75) is 372 Å². The highest BCUT2D eigenvalue weighted by Gasteiger charge is 2.63. The van der Waals surface area contributed by atoms with E-state index >= 15 is 0 Å². The lowest BCUT2D eigenvalue weighted by Crippen LogP contribution is -2.71. The van der Waals surface area contributed by atoms with Crippen molar-refractivity contribution in [2.75, 3.05) is 72.7 Å². The predicted molar refractivity (Wildman–Crippen MR) is 420 cm³/mol. The van der Waals surface area contributed by atoms with E-state index in [1.54, 1.807) is 0 Å². The standard InChI is InChI=1S/C76H127N5O56/c1-17(92)77-33-43(102)57(26(10-86)118-66(33)116)129-67-34(78-18(2)93)45(104)61(30(14-90)123-67)134-74-56(115)63(42(101)32(128-74)16-117-75-64(51(110)41(100)25(9-85)122-75)136-69-36(80-20(4)95)46(105)59(28(12-88)125-69)132-72-53(112)49(108)39(98)23(7-83)120-72)135-76-65(137-70-37(81-21(5)96)47(106)60(29(13-89)126-70)133-73-54(113)50(109)40(99)24(8-84)121-73)55(114)62(31(15-91)127-76)130-68-35(79-19(3)94)44(103)58(27(11-87)124-68)131-71-52(111)48(107)38(97)22(6-82)119-71/h22-76,82-91,97-116H,6-16H2,1-5H3,(H,77,92)(H,78,93)(H,79,94)(H,80,95)(H,81,96)/t22-,23-,24-,25-,26-,27-,28-,29-,30-,31-,32-,33-,34-,35-,36-,37-,38+,39+,40+,41-,42-,43-,44-,45-,46-,47-,48+,49+,50+,51+,52-,53-,54-,55+,56+,57-,58-,59-,60-,61-,62-,63+,64+,65+,66-,67+,68+,69+,70+,71+,72+,73+,74+,75+,76-/m1/s1. The molecule has 11 aliphatic heterocycles. The van der Waals surface area contributed by atoms with E-state index in [9.17, 15) is 177 Å².